The fourth-order valence-corrected chi connectivity index (χ4v) is 1.98. The molecule has 18 heavy (non-hydrogen) atoms. The quantitative estimate of drug-likeness (QED) is 0.891. The summed E-state index contributed by atoms with van der Waals surface area (Å²) >= 11 is 0. The molecule has 1 fully saturated rings. The van der Waals surface area contributed by atoms with Crippen molar-refractivity contribution in [3.05, 3.63) is 47.8 Å². The molecular weight excluding hydrogens is 222 g/mol. The van der Waals surface area contributed by atoms with E-state index in [2.05, 4.69) is 34.3 Å². The van der Waals surface area contributed by atoms with Crippen LogP contribution in [0.15, 0.2) is 36.5 Å². The van der Waals surface area contributed by atoms with Crippen LogP contribution in [0.2, 0.25) is 0 Å². The lowest BCUT2D eigenvalue weighted by Crippen LogP contribution is -2.16. The first-order chi connectivity index (χ1) is 8.83. The van der Waals surface area contributed by atoms with Gasteiger partial charge < -0.3 is 5.32 Å². The molecule has 1 N–H and O–H groups in total. The molecule has 0 amide bonds. The van der Waals surface area contributed by atoms with E-state index in [0.717, 1.165) is 23.6 Å². The summed E-state index contributed by atoms with van der Waals surface area (Å²) in [5.74, 6) is 0.822. The van der Waals surface area contributed by atoms with Crippen molar-refractivity contribution >= 4 is 0 Å². The molecule has 0 unspecified atom stereocenters. The molecule has 3 rings (SSSR count). The lowest BCUT2D eigenvalue weighted by molar-refractivity contribution is 0.673. The van der Waals surface area contributed by atoms with Gasteiger partial charge in [0.15, 0.2) is 5.82 Å². The summed E-state index contributed by atoms with van der Waals surface area (Å²) in [6.45, 7) is 2.93. The fraction of sp³-hybridized carbons (Fsp3) is 0.333. The summed E-state index contributed by atoms with van der Waals surface area (Å²) in [6, 6.07) is 10.9. The summed E-state index contributed by atoms with van der Waals surface area (Å²) < 4.78 is 0. The molecular formula is C15H17N3. The molecule has 3 nitrogen and oxygen atoms in total. The van der Waals surface area contributed by atoms with E-state index in [9.17, 15) is 0 Å². The average molecular weight is 239 g/mol. The van der Waals surface area contributed by atoms with Crippen LogP contribution in [-0.4, -0.2) is 16.0 Å². The Hall–Kier alpha value is -1.74. The summed E-state index contributed by atoms with van der Waals surface area (Å²) in [5, 5.41) is 3.48. The Morgan fingerprint density at radius 2 is 2.06 bits per heavy atom. The number of hydrogen-bond donors (Lipinski definition) is 1. The third-order valence-electron chi connectivity index (χ3n) is 3.25. The molecule has 3 heteroatoms. The van der Waals surface area contributed by atoms with Crippen LogP contribution in [0.25, 0.3) is 11.4 Å². The number of hydrogen-bond acceptors (Lipinski definition) is 3. The van der Waals surface area contributed by atoms with Gasteiger partial charge in [0.1, 0.15) is 0 Å². The molecule has 92 valence electrons. The van der Waals surface area contributed by atoms with Gasteiger partial charge in [0.2, 0.25) is 0 Å². The number of nitrogens with zero attached hydrogens (tertiary/aromatic N) is 2. The van der Waals surface area contributed by atoms with Gasteiger partial charge >= 0.3 is 0 Å². The van der Waals surface area contributed by atoms with E-state index >= 15 is 0 Å². The zero-order valence-corrected chi connectivity index (χ0v) is 10.6. The smallest absolute Gasteiger partial charge is 0.159 e. The molecule has 0 aliphatic heterocycles. The number of aromatic nitrogens is 2. The minimum atomic E-state index is 0.710. The highest BCUT2D eigenvalue weighted by molar-refractivity contribution is 5.59. The first kappa shape index (κ1) is 11.4. The Morgan fingerprint density at radius 3 is 2.83 bits per heavy atom. The third-order valence-corrected chi connectivity index (χ3v) is 3.25. The Balaban J connectivity index is 1.83. The van der Waals surface area contributed by atoms with Crippen LogP contribution in [0.4, 0.5) is 0 Å². The van der Waals surface area contributed by atoms with Crippen molar-refractivity contribution < 1.29 is 0 Å². The highest BCUT2D eigenvalue weighted by atomic mass is 15.0. The predicted octanol–water partition coefficient (Wildman–Crippen LogP) is 2.70. The number of benzene rings is 1. The molecule has 0 bridgehead atoms. The highest BCUT2D eigenvalue weighted by Gasteiger charge is 2.20. The molecule has 1 heterocycles. The van der Waals surface area contributed by atoms with Crippen molar-refractivity contribution in [1.82, 2.24) is 15.3 Å². The van der Waals surface area contributed by atoms with Gasteiger partial charge in [-0.3, -0.25) is 0 Å². The molecule has 1 aliphatic rings. The molecule has 0 radical (unpaired) electrons. The Labute approximate surface area is 107 Å². The maximum atomic E-state index is 4.63. The van der Waals surface area contributed by atoms with Gasteiger partial charge in [-0.1, -0.05) is 24.3 Å². The van der Waals surface area contributed by atoms with Gasteiger partial charge in [0.25, 0.3) is 0 Å². The van der Waals surface area contributed by atoms with Crippen LogP contribution in [0, 0.1) is 6.92 Å². The van der Waals surface area contributed by atoms with E-state index in [1.54, 1.807) is 0 Å². The monoisotopic (exact) mass is 239 g/mol. The lowest BCUT2D eigenvalue weighted by Gasteiger charge is -2.06. The Morgan fingerprint density at radius 1 is 1.22 bits per heavy atom. The minimum Gasteiger partial charge on any atom is -0.308 e. The van der Waals surface area contributed by atoms with Crippen molar-refractivity contribution in [2.24, 2.45) is 0 Å². The largest absolute Gasteiger partial charge is 0.308 e. The van der Waals surface area contributed by atoms with Gasteiger partial charge in [0, 0.05) is 24.3 Å². The normalized spacial score (nSPS) is 14.7. The van der Waals surface area contributed by atoms with Crippen molar-refractivity contribution in [3.63, 3.8) is 0 Å². The van der Waals surface area contributed by atoms with Crippen LogP contribution in [0.3, 0.4) is 0 Å². The second-order valence-corrected chi connectivity index (χ2v) is 4.84. The van der Waals surface area contributed by atoms with Gasteiger partial charge in [-0.15, -0.1) is 0 Å². The second-order valence-electron chi connectivity index (χ2n) is 4.84. The number of rotatable bonds is 4. The summed E-state index contributed by atoms with van der Waals surface area (Å²) in [6.07, 6.45) is 4.45. The summed E-state index contributed by atoms with van der Waals surface area (Å²) in [7, 11) is 0. The SMILES string of the molecule is Cc1ccccc1-c1nccc(CNC2CC2)n1. The molecule has 1 aromatic carbocycles. The molecule has 0 spiro atoms. The van der Waals surface area contributed by atoms with Crippen LogP contribution in [0.1, 0.15) is 24.1 Å². The number of nitrogens with one attached hydrogen (secondary N) is 1. The third kappa shape index (κ3) is 2.57. The van der Waals surface area contributed by atoms with Crippen molar-refractivity contribution in [1.29, 1.82) is 0 Å². The van der Waals surface area contributed by atoms with Crippen LogP contribution in [-0.2, 0) is 6.54 Å². The van der Waals surface area contributed by atoms with E-state index in [1.165, 1.54) is 18.4 Å². The fourth-order valence-electron chi connectivity index (χ4n) is 1.98. The van der Waals surface area contributed by atoms with E-state index < -0.39 is 0 Å². The topological polar surface area (TPSA) is 37.8 Å². The average Bonchev–Trinajstić information content (AvgIpc) is 3.21. The van der Waals surface area contributed by atoms with Crippen molar-refractivity contribution in [2.45, 2.75) is 32.4 Å². The Kier molecular flexibility index (Phi) is 3.07. The second kappa shape index (κ2) is 4.86. The maximum Gasteiger partial charge on any atom is 0.159 e. The lowest BCUT2D eigenvalue weighted by atomic mass is 10.1. The van der Waals surface area contributed by atoms with Gasteiger partial charge in [-0.05, 0) is 31.4 Å². The standard InChI is InChI=1S/C15H17N3/c1-11-4-2-3-5-14(11)15-16-9-8-13(18-15)10-17-12-6-7-12/h2-5,8-9,12,17H,6-7,10H2,1H3. The zero-order valence-electron chi connectivity index (χ0n) is 10.6. The highest BCUT2D eigenvalue weighted by Crippen LogP contribution is 2.20. The predicted molar refractivity (Wildman–Crippen MR) is 72.1 cm³/mol. The van der Waals surface area contributed by atoms with E-state index in [1.807, 2.05) is 24.4 Å². The van der Waals surface area contributed by atoms with Gasteiger partial charge in [-0.25, -0.2) is 9.97 Å². The molecule has 0 saturated heterocycles. The zero-order chi connectivity index (χ0) is 12.4. The van der Waals surface area contributed by atoms with Crippen molar-refractivity contribution in [2.75, 3.05) is 0 Å². The minimum absolute atomic E-state index is 0.710. The van der Waals surface area contributed by atoms with Crippen LogP contribution < -0.4 is 5.32 Å². The molecule has 2 aromatic rings. The van der Waals surface area contributed by atoms with Crippen LogP contribution >= 0.6 is 0 Å². The molecule has 1 aliphatic carbocycles. The van der Waals surface area contributed by atoms with E-state index in [0.29, 0.717) is 6.04 Å². The van der Waals surface area contributed by atoms with Crippen LogP contribution in [0.5, 0.6) is 0 Å². The Bertz CT molecular complexity index is 547. The maximum absolute atomic E-state index is 4.63. The van der Waals surface area contributed by atoms with Gasteiger partial charge in [0.05, 0.1) is 5.69 Å². The molecule has 1 saturated carbocycles. The first-order valence-corrected chi connectivity index (χ1v) is 6.44. The van der Waals surface area contributed by atoms with E-state index in [4.69, 9.17) is 0 Å². The van der Waals surface area contributed by atoms with Gasteiger partial charge in [-0.2, -0.15) is 0 Å². The van der Waals surface area contributed by atoms with Crippen molar-refractivity contribution in [3.8, 4) is 11.4 Å². The number of aryl methyl sites for hydroxylation is 1. The summed E-state index contributed by atoms with van der Waals surface area (Å²) in [4.78, 5) is 9.00. The summed E-state index contributed by atoms with van der Waals surface area (Å²) in [5.41, 5.74) is 3.39. The molecule has 0 atom stereocenters. The molecule has 1 aromatic heterocycles. The van der Waals surface area contributed by atoms with E-state index in [-0.39, 0.29) is 0 Å². The first-order valence-electron chi connectivity index (χ1n) is 6.44.